The van der Waals surface area contributed by atoms with Gasteiger partial charge in [0.2, 0.25) is 11.0 Å². The topological polar surface area (TPSA) is 100 Å². The third-order valence-corrected chi connectivity index (χ3v) is 3.93. The third kappa shape index (κ3) is 5.49. The normalized spacial score (nSPS) is 14.0. The summed E-state index contributed by atoms with van der Waals surface area (Å²) < 4.78 is 30.5. The molecule has 0 aliphatic rings. The van der Waals surface area contributed by atoms with Crippen LogP contribution in [0.15, 0.2) is 21.6 Å². The van der Waals surface area contributed by atoms with Crippen LogP contribution in [0.4, 0.5) is 0 Å². The first-order valence-electron chi connectivity index (χ1n) is 6.63. The average molecular weight is 317 g/mol. The Kier molecular flexibility index (Phi) is 5.54. The third-order valence-electron chi connectivity index (χ3n) is 2.64. The minimum absolute atomic E-state index is 0.128. The molecule has 1 atom stereocenters. The van der Waals surface area contributed by atoms with Crippen molar-refractivity contribution in [1.82, 2.24) is 15.4 Å². The number of hydrogen-bond donors (Lipinski definition) is 3. The van der Waals surface area contributed by atoms with Crippen LogP contribution in [-0.4, -0.2) is 33.0 Å². The van der Waals surface area contributed by atoms with Crippen molar-refractivity contribution in [2.45, 2.75) is 50.9 Å². The smallest absolute Gasteiger partial charge is 0.273 e. The summed E-state index contributed by atoms with van der Waals surface area (Å²) in [5, 5.41) is 5.69. The molecule has 1 heterocycles. The Hall–Kier alpha value is -1.38. The van der Waals surface area contributed by atoms with E-state index in [-0.39, 0.29) is 23.1 Å². The van der Waals surface area contributed by atoms with E-state index in [1.54, 1.807) is 13.0 Å². The Morgan fingerprint density at radius 2 is 1.95 bits per heavy atom. The molecular weight excluding hydrogens is 294 g/mol. The molecule has 21 heavy (non-hydrogen) atoms. The highest BCUT2D eigenvalue weighted by molar-refractivity contribution is 7.89. The fourth-order valence-corrected chi connectivity index (χ4v) is 2.19. The monoisotopic (exact) mass is 317 g/mol. The molecule has 0 radical (unpaired) electrons. The fourth-order valence-electron chi connectivity index (χ4n) is 1.52. The number of sulfonamides is 1. The first-order valence-corrected chi connectivity index (χ1v) is 8.11. The Bertz CT molecular complexity index is 587. The number of hydrogen-bond acceptors (Lipinski definition) is 5. The molecule has 0 saturated carbocycles. The van der Waals surface area contributed by atoms with Crippen LogP contribution in [0.5, 0.6) is 0 Å². The van der Waals surface area contributed by atoms with Crippen molar-refractivity contribution in [2.75, 3.05) is 7.05 Å². The first kappa shape index (κ1) is 17.7. The molecule has 1 aromatic rings. The van der Waals surface area contributed by atoms with Crippen molar-refractivity contribution in [1.29, 1.82) is 0 Å². The van der Waals surface area contributed by atoms with Crippen LogP contribution < -0.4 is 15.4 Å². The Morgan fingerprint density at radius 1 is 1.33 bits per heavy atom. The summed E-state index contributed by atoms with van der Waals surface area (Å²) in [6.07, 6.45) is 0. The van der Waals surface area contributed by atoms with E-state index in [4.69, 9.17) is 4.42 Å². The second-order valence-corrected chi connectivity index (χ2v) is 7.59. The van der Waals surface area contributed by atoms with E-state index < -0.39 is 16.1 Å². The molecular formula is C13H23N3O4S. The van der Waals surface area contributed by atoms with Gasteiger partial charge in [0, 0.05) is 5.54 Å². The van der Waals surface area contributed by atoms with Gasteiger partial charge in [-0.3, -0.25) is 10.1 Å². The van der Waals surface area contributed by atoms with Crippen molar-refractivity contribution in [3.05, 3.63) is 17.9 Å². The number of nitrogens with one attached hydrogen (secondary N) is 3. The van der Waals surface area contributed by atoms with Crippen molar-refractivity contribution in [3.8, 4) is 0 Å². The SMILES string of the molecule is CNS(=O)(=O)c1ccc(CNC(C)C(=O)NC(C)(C)C)o1. The second kappa shape index (κ2) is 6.59. The van der Waals surface area contributed by atoms with E-state index in [0.717, 1.165) is 0 Å². The average Bonchev–Trinajstić information content (AvgIpc) is 2.83. The van der Waals surface area contributed by atoms with E-state index in [1.165, 1.54) is 13.1 Å². The molecule has 1 rings (SSSR count). The molecule has 120 valence electrons. The van der Waals surface area contributed by atoms with E-state index in [1.807, 2.05) is 20.8 Å². The molecule has 0 bridgehead atoms. The van der Waals surface area contributed by atoms with Crippen molar-refractivity contribution in [3.63, 3.8) is 0 Å². The fraction of sp³-hybridized carbons (Fsp3) is 0.615. The van der Waals surface area contributed by atoms with E-state index >= 15 is 0 Å². The Morgan fingerprint density at radius 3 is 2.48 bits per heavy atom. The zero-order chi connectivity index (χ0) is 16.3. The van der Waals surface area contributed by atoms with Gasteiger partial charge in [0.25, 0.3) is 10.0 Å². The second-order valence-electron chi connectivity index (χ2n) is 5.77. The predicted molar refractivity (Wildman–Crippen MR) is 79.2 cm³/mol. The molecule has 0 saturated heterocycles. The van der Waals surface area contributed by atoms with Gasteiger partial charge >= 0.3 is 0 Å². The number of amides is 1. The van der Waals surface area contributed by atoms with Gasteiger partial charge in [-0.2, -0.15) is 0 Å². The highest BCUT2D eigenvalue weighted by atomic mass is 32.2. The lowest BCUT2D eigenvalue weighted by molar-refractivity contribution is -0.124. The molecule has 0 aliphatic heterocycles. The summed E-state index contributed by atoms with van der Waals surface area (Å²) in [4.78, 5) is 11.9. The van der Waals surface area contributed by atoms with Crippen LogP contribution in [0.1, 0.15) is 33.5 Å². The van der Waals surface area contributed by atoms with Gasteiger partial charge in [0.15, 0.2) is 0 Å². The summed E-state index contributed by atoms with van der Waals surface area (Å²) in [5.41, 5.74) is -0.300. The maximum Gasteiger partial charge on any atom is 0.273 e. The molecule has 7 nitrogen and oxygen atoms in total. The van der Waals surface area contributed by atoms with Crippen LogP contribution >= 0.6 is 0 Å². The molecule has 0 spiro atoms. The molecule has 1 unspecified atom stereocenters. The van der Waals surface area contributed by atoms with Gasteiger partial charge in [-0.1, -0.05) is 0 Å². The zero-order valence-electron chi connectivity index (χ0n) is 13.0. The molecule has 3 N–H and O–H groups in total. The van der Waals surface area contributed by atoms with Gasteiger partial charge in [-0.25, -0.2) is 13.1 Å². The quantitative estimate of drug-likeness (QED) is 0.712. The van der Waals surface area contributed by atoms with Crippen LogP contribution in [-0.2, 0) is 21.4 Å². The number of carbonyl (C=O) groups is 1. The highest BCUT2D eigenvalue weighted by Gasteiger charge is 2.20. The van der Waals surface area contributed by atoms with Gasteiger partial charge in [0.1, 0.15) is 5.76 Å². The maximum atomic E-state index is 11.9. The lowest BCUT2D eigenvalue weighted by Crippen LogP contribution is -2.49. The van der Waals surface area contributed by atoms with Crippen molar-refractivity contribution >= 4 is 15.9 Å². The number of carbonyl (C=O) groups excluding carboxylic acids is 1. The highest BCUT2D eigenvalue weighted by Crippen LogP contribution is 2.13. The maximum absolute atomic E-state index is 11.9. The van der Waals surface area contributed by atoms with Crippen LogP contribution in [0.3, 0.4) is 0 Å². The summed E-state index contributed by atoms with van der Waals surface area (Å²) in [5.74, 6) is 0.316. The summed E-state index contributed by atoms with van der Waals surface area (Å²) >= 11 is 0. The standard InChI is InChI=1S/C13H23N3O4S/c1-9(12(17)16-13(2,3)4)15-8-10-6-7-11(20-10)21(18,19)14-5/h6-7,9,14-15H,8H2,1-5H3,(H,16,17). The van der Waals surface area contributed by atoms with Crippen LogP contribution in [0.2, 0.25) is 0 Å². The largest absolute Gasteiger partial charge is 0.447 e. The van der Waals surface area contributed by atoms with E-state index in [2.05, 4.69) is 15.4 Å². The van der Waals surface area contributed by atoms with Gasteiger partial charge in [0.05, 0.1) is 12.6 Å². The lowest BCUT2D eigenvalue weighted by Gasteiger charge is -2.23. The number of furan rings is 1. The van der Waals surface area contributed by atoms with Crippen molar-refractivity contribution in [2.24, 2.45) is 0 Å². The predicted octanol–water partition coefficient (Wildman–Crippen LogP) is 0.581. The molecule has 0 aromatic carbocycles. The summed E-state index contributed by atoms with van der Waals surface area (Å²) in [6.45, 7) is 7.70. The molecule has 0 fully saturated rings. The van der Waals surface area contributed by atoms with E-state index in [9.17, 15) is 13.2 Å². The summed E-state index contributed by atoms with van der Waals surface area (Å²) in [6, 6.07) is 2.52. The van der Waals surface area contributed by atoms with Gasteiger partial charge in [-0.15, -0.1) is 0 Å². The number of rotatable bonds is 6. The van der Waals surface area contributed by atoms with Gasteiger partial charge < -0.3 is 9.73 Å². The zero-order valence-corrected chi connectivity index (χ0v) is 13.8. The minimum atomic E-state index is -3.58. The first-order chi connectivity index (χ1) is 9.55. The van der Waals surface area contributed by atoms with Crippen molar-refractivity contribution < 1.29 is 17.6 Å². The lowest BCUT2D eigenvalue weighted by atomic mass is 10.1. The minimum Gasteiger partial charge on any atom is -0.447 e. The van der Waals surface area contributed by atoms with E-state index in [0.29, 0.717) is 5.76 Å². The molecule has 0 aliphatic carbocycles. The summed E-state index contributed by atoms with van der Waals surface area (Å²) in [7, 11) is -2.27. The molecule has 1 amide bonds. The van der Waals surface area contributed by atoms with Gasteiger partial charge in [-0.05, 0) is 46.9 Å². The molecule has 1 aromatic heterocycles. The van der Waals surface area contributed by atoms with Crippen LogP contribution in [0, 0.1) is 0 Å². The van der Waals surface area contributed by atoms with Crippen LogP contribution in [0.25, 0.3) is 0 Å². The molecule has 8 heteroatoms. The Labute approximate surface area is 125 Å². The Balaban J connectivity index is 2.58.